The van der Waals surface area contributed by atoms with Crippen molar-refractivity contribution in [1.82, 2.24) is 4.98 Å². The fraction of sp³-hybridized carbons (Fsp3) is 0.235. The number of rotatable bonds is 5. The number of nitrogens with zero attached hydrogens (tertiary/aromatic N) is 1. The smallest absolute Gasteiger partial charge is 0.341 e. The Hall–Kier alpha value is -2.96. The number of aromatic carboxylic acids is 2. The van der Waals surface area contributed by atoms with Crippen molar-refractivity contribution in [3.63, 3.8) is 0 Å². The molecule has 0 fully saturated rings. The normalized spacial score (nSPS) is 10.7. The summed E-state index contributed by atoms with van der Waals surface area (Å²) in [6.45, 7) is 3.48. The lowest BCUT2D eigenvalue weighted by atomic mass is 9.90. The van der Waals surface area contributed by atoms with Gasteiger partial charge in [-0.2, -0.15) is 0 Å². The quantitative estimate of drug-likeness (QED) is 0.870. The van der Waals surface area contributed by atoms with E-state index in [0.717, 1.165) is 12.1 Å². The number of hydrogen-bond acceptors (Lipinski definition) is 4. The minimum atomic E-state index is -1.38. The summed E-state index contributed by atoms with van der Waals surface area (Å²) >= 11 is 0. The third kappa shape index (κ3) is 3.05. The van der Waals surface area contributed by atoms with Crippen LogP contribution in [0.2, 0.25) is 0 Å². The van der Waals surface area contributed by atoms with Crippen LogP contribution in [-0.2, 0) is 0 Å². The number of halogens is 1. The van der Waals surface area contributed by atoms with Gasteiger partial charge in [-0.25, -0.2) is 19.0 Å². The molecule has 2 rings (SSSR count). The van der Waals surface area contributed by atoms with E-state index >= 15 is 0 Å². The van der Waals surface area contributed by atoms with Crippen LogP contribution in [0.4, 0.5) is 4.39 Å². The standard InChI is InChI=1S/C17H16FNO5/c1-8(2)14-12(16(20)21)11(9-4-6-10(18)7-5-9)13(17(22)23)15(19-14)24-3/h4-8H,1-3H3,(H,20,21)(H,22,23). The van der Waals surface area contributed by atoms with Gasteiger partial charge < -0.3 is 14.9 Å². The Balaban J connectivity index is 3.00. The second-order valence-corrected chi connectivity index (χ2v) is 5.40. The van der Waals surface area contributed by atoms with Crippen LogP contribution in [0, 0.1) is 5.82 Å². The number of carboxylic acid groups (broad SMARTS) is 2. The monoisotopic (exact) mass is 333 g/mol. The number of ether oxygens (including phenoxy) is 1. The van der Waals surface area contributed by atoms with E-state index in [4.69, 9.17) is 4.74 Å². The van der Waals surface area contributed by atoms with E-state index in [1.165, 1.54) is 19.2 Å². The molecule has 1 heterocycles. The Morgan fingerprint density at radius 1 is 1.08 bits per heavy atom. The summed E-state index contributed by atoms with van der Waals surface area (Å²) in [5.74, 6) is -3.67. The molecule has 7 heteroatoms. The van der Waals surface area contributed by atoms with Crippen molar-refractivity contribution in [2.24, 2.45) is 0 Å². The highest BCUT2D eigenvalue weighted by Crippen LogP contribution is 2.37. The Morgan fingerprint density at radius 2 is 1.62 bits per heavy atom. The molecule has 0 radical (unpaired) electrons. The fourth-order valence-electron chi connectivity index (χ4n) is 2.47. The molecule has 0 atom stereocenters. The number of carboxylic acids is 2. The van der Waals surface area contributed by atoms with E-state index in [1.807, 2.05) is 0 Å². The molecular weight excluding hydrogens is 317 g/mol. The molecule has 0 aliphatic carbocycles. The highest BCUT2D eigenvalue weighted by molar-refractivity contribution is 6.07. The van der Waals surface area contributed by atoms with Crippen molar-refractivity contribution in [2.75, 3.05) is 7.11 Å². The number of methoxy groups -OCH3 is 1. The van der Waals surface area contributed by atoms with Gasteiger partial charge >= 0.3 is 11.9 Å². The van der Waals surface area contributed by atoms with Crippen LogP contribution in [0.3, 0.4) is 0 Å². The van der Waals surface area contributed by atoms with Gasteiger partial charge in [0.05, 0.1) is 18.4 Å². The summed E-state index contributed by atoms with van der Waals surface area (Å²) < 4.78 is 18.3. The van der Waals surface area contributed by atoms with Crippen molar-refractivity contribution in [1.29, 1.82) is 0 Å². The molecule has 24 heavy (non-hydrogen) atoms. The highest BCUT2D eigenvalue weighted by atomic mass is 19.1. The second-order valence-electron chi connectivity index (χ2n) is 5.40. The first-order valence-electron chi connectivity index (χ1n) is 7.12. The number of hydrogen-bond donors (Lipinski definition) is 2. The van der Waals surface area contributed by atoms with E-state index in [0.29, 0.717) is 0 Å². The molecule has 0 aliphatic heterocycles. The molecule has 126 valence electrons. The molecule has 0 unspecified atom stereocenters. The van der Waals surface area contributed by atoms with Gasteiger partial charge in [-0.1, -0.05) is 26.0 Å². The molecule has 6 nitrogen and oxygen atoms in total. The summed E-state index contributed by atoms with van der Waals surface area (Å²) in [5, 5.41) is 19.2. The molecule has 0 spiro atoms. The Kier molecular flexibility index (Phi) is 4.82. The zero-order valence-electron chi connectivity index (χ0n) is 13.3. The number of pyridine rings is 1. The second kappa shape index (κ2) is 6.66. The van der Waals surface area contributed by atoms with Crippen molar-refractivity contribution in [3.05, 3.63) is 46.9 Å². The Bertz CT molecular complexity index is 800. The average molecular weight is 333 g/mol. The van der Waals surface area contributed by atoms with E-state index in [1.54, 1.807) is 13.8 Å². The van der Waals surface area contributed by atoms with Gasteiger partial charge in [-0.15, -0.1) is 0 Å². The first-order chi connectivity index (χ1) is 11.3. The zero-order valence-corrected chi connectivity index (χ0v) is 13.3. The molecule has 2 N–H and O–H groups in total. The van der Waals surface area contributed by atoms with E-state index in [2.05, 4.69) is 4.98 Å². The fourth-order valence-corrected chi connectivity index (χ4v) is 2.47. The molecule has 0 bridgehead atoms. The highest BCUT2D eigenvalue weighted by Gasteiger charge is 2.30. The van der Waals surface area contributed by atoms with Crippen LogP contribution in [0.5, 0.6) is 5.88 Å². The van der Waals surface area contributed by atoms with Crippen LogP contribution in [0.25, 0.3) is 11.1 Å². The molecule has 1 aromatic carbocycles. The maximum atomic E-state index is 13.2. The average Bonchev–Trinajstić information content (AvgIpc) is 2.53. The van der Waals surface area contributed by atoms with Crippen LogP contribution in [0.1, 0.15) is 46.2 Å². The Labute approximate surface area is 137 Å². The predicted octanol–water partition coefficient (Wildman–Crippen LogP) is 3.42. The third-order valence-electron chi connectivity index (χ3n) is 3.49. The third-order valence-corrected chi connectivity index (χ3v) is 3.49. The van der Waals surface area contributed by atoms with Crippen LogP contribution in [0.15, 0.2) is 24.3 Å². The van der Waals surface area contributed by atoms with Gasteiger partial charge in [-0.3, -0.25) is 0 Å². The molecule has 2 aromatic rings. The maximum Gasteiger partial charge on any atom is 0.341 e. The zero-order chi connectivity index (χ0) is 18.0. The first kappa shape index (κ1) is 17.4. The van der Waals surface area contributed by atoms with Gasteiger partial charge in [0.1, 0.15) is 11.4 Å². The predicted molar refractivity (Wildman–Crippen MR) is 84.2 cm³/mol. The van der Waals surface area contributed by atoms with E-state index < -0.39 is 17.8 Å². The summed E-state index contributed by atoms with van der Waals surface area (Å²) in [5.41, 5.74) is -0.191. The SMILES string of the molecule is COc1nc(C(C)C)c(C(=O)O)c(-c2ccc(F)cc2)c1C(=O)O. The summed E-state index contributed by atoms with van der Waals surface area (Å²) in [4.78, 5) is 27.6. The summed E-state index contributed by atoms with van der Waals surface area (Å²) in [7, 11) is 1.26. The lowest BCUT2D eigenvalue weighted by Gasteiger charge is -2.18. The van der Waals surface area contributed by atoms with Crippen LogP contribution < -0.4 is 4.74 Å². The number of aromatic nitrogens is 1. The van der Waals surface area contributed by atoms with E-state index in [9.17, 15) is 24.2 Å². The molecule has 0 amide bonds. The number of benzene rings is 1. The summed E-state index contributed by atoms with van der Waals surface area (Å²) in [6, 6.07) is 4.92. The molecule has 0 saturated heterocycles. The first-order valence-corrected chi connectivity index (χ1v) is 7.12. The Morgan fingerprint density at radius 3 is 2.04 bits per heavy atom. The maximum absolute atomic E-state index is 13.2. The lowest BCUT2D eigenvalue weighted by molar-refractivity contribution is 0.0693. The van der Waals surface area contributed by atoms with Crippen molar-refractivity contribution in [2.45, 2.75) is 19.8 Å². The van der Waals surface area contributed by atoms with Gasteiger partial charge in [0.25, 0.3) is 0 Å². The largest absolute Gasteiger partial charge is 0.480 e. The van der Waals surface area contributed by atoms with Crippen molar-refractivity contribution in [3.8, 4) is 17.0 Å². The minimum absolute atomic E-state index is 0.0504. The summed E-state index contributed by atoms with van der Waals surface area (Å²) in [6.07, 6.45) is 0. The lowest BCUT2D eigenvalue weighted by Crippen LogP contribution is -2.15. The van der Waals surface area contributed by atoms with Crippen molar-refractivity contribution >= 4 is 11.9 Å². The molecular formula is C17H16FNO5. The number of carbonyl (C=O) groups is 2. The molecule has 0 saturated carbocycles. The minimum Gasteiger partial charge on any atom is -0.480 e. The van der Waals surface area contributed by atoms with Crippen molar-refractivity contribution < 1.29 is 28.9 Å². The van der Waals surface area contributed by atoms with E-state index in [-0.39, 0.29) is 39.7 Å². The molecule has 0 aliphatic rings. The van der Waals surface area contributed by atoms with Gasteiger partial charge in [0.2, 0.25) is 5.88 Å². The molecule has 1 aromatic heterocycles. The van der Waals surface area contributed by atoms with Gasteiger partial charge in [0.15, 0.2) is 0 Å². The topological polar surface area (TPSA) is 96.7 Å². The van der Waals surface area contributed by atoms with Gasteiger partial charge in [0, 0.05) is 5.56 Å². The van der Waals surface area contributed by atoms with Crippen LogP contribution in [-0.4, -0.2) is 34.2 Å². The van der Waals surface area contributed by atoms with Gasteiger partial charge in [-0.05, 0) is 23.6 Å². The van der Waals surface area contributed by atoms with Crippen LogP contribution >= 0.6 is 0 Å².